The molecule has 4 nitrogen and oxygen atoms in total. The predicted octanol–water partition coefficient (Wildman–Crippen LogP) is 0.977. The minimum Gasteiger partial charge on any atom is -0.356 e. The van der Waals surface area contributed by atoms with Crippen LogP contribution in [0.2, 0.25) is 0 Å². The molecule has 2 N–H and O–H groups in total. The average Bonchev–Trinajstić information content (AvgIpc) is 2.82. The van der Waals surface area contributed by atoms with Gasteiger partial charge in [0.2, 0.25) is 5.91 Å². The van der Waals surface area contributed by atoms with Crippen LogP contribution in [0.4, 0.5) is 0 Å². The van der Waals surface area contributed by atoms with Crippen molar-refractivity contribution in [3.05, 3.63) is 0 Å². The van der Waals surface area contributed by atoms with E-state index < -0.39 is 0 Å². The first kappa shape index (κ1) is 13.8. The van der Waals surface area contributed by atoms with Gasteiger partial charge in [0.15, 0.2) is 0 Å². The van der Waals surface area contributed by atoms with Crippen molar-refractivity contribution >= 4 is 5.91 Å². The van der Waals surface area contributed by atoms with Gasteiger partial charge in [0.25, 0.3) is 0 Å². The highest BCUT2D eigenvalue weighted by atomic mass is 16.1. The molecule has 2 unspecified atom stereocenters. The van der Waals surface area contributed by atoms with E-state index in [-0.39, 0.29) is 5.91 Å². The maximum absolute atomic E-state index is 11.7. The molecular weight excluding hydrogens is 226 g/mol. The zero-order valence-corrected chi connectivity index (χ0v) is 11.6. The van der Waals surface area contributed by atoms with Gasteiger partial charge < -0.3 is 15.5 Å². The molecule has 4 heteroatoms. The van der Waals surface area contributed by atoms with Crippen LogP contribution in [0, 0.1) is 5.92 Å². The van der Waals surface area contributed by atoms with E-state index in [9.17, 15) is 4.79 Å². The summed E-state index contributed by atoms with van der Waals surface area (Å²) >= 11 is 0. The summed E-state index contributed by atoms with van der Waals surface area (Å²) in [5.74, 6) is 0.993. The van der Waals surface area contributed by atoms with Gasteiger partial charge in [0.05, 0.1) is 0 Å². The van der Waals surface area contributed by atoms with E-state index in [0.717, 1.165) is 31.8 Å². The second-order valence-electron chi connectivity index (χ2n) is 5.91. The lowest BCUT2D eigenvalue weighted by atomic mass is 9.95. The summed E-state index contributed by atoms with van der Waals surface area (Å²) in [6.45, 7) is 4.35. The van der Waals surface area contributed by atoms with Gasteiger partial charge in [0, 0.05) is 25.6 Å². The number of carbonyl (C=O) groups is 1. The molecule has 104 valence electrons. The molecule has 2 atom stereocenters. The number of hydrogen-bond acceptors (Lipinski definition) is 3. The van der Waals surface area contributed by atoms with Crippen molar-refractivity contribution in [2.45, 2.75) is 44.6 Å². The lowest BCUT2D eigenvalue weighted by Crippen LogP contribution is -2.36. The molecule has 0 aliphatic carbocycles. The van der Waals surface area contributed by atoms with Crippen molar-refractivity contribution in [3.8, 4) is 0 Å². The number of piperidine rings is 1. The zero-order chi connectivity index (χ0) is 12.8. The number of nitrogens with zero attached hydrogens (tertiary/aromatic N) is 1. The number of carbonyl (C=O) groups excluding carboxylic acids is 1. The van der Waals surface area contributed by atoms with Gasteiger partial charge in [0.1, 0.15) is 0 Å². The smallest absolute Gasteiger partial charge is 0.221 e. The number of amides is 1. The molecule has 2 heterocycles. The fourth-order valence-electron chi connectivity index (χ4n) is 3.15. The molecule has 0 saturated carbocycles. The van der Waals surface area contributed by atoms with E-state index >= 15 is 0 Å². The van der Waals surface area contributed by atoms with Crippen molar-refractivity contribution in [2.75, 3.05) is 33.2 Å². The minimum absolute atomic E-state index is 0.221. The van der Waals surface area contributed by atoms with Crippen LogP contribution in [0.3, 0.4) is 0 Å². The van der Waals surface area contributed by atoms with Crippen molar-refractivity contribution in [1.29, 1.82) is 0 Å². The molecule has 0 spiro atoms. The summed E-state index contributed by atoms with van der Waals surface area (Å²) in [6.07, 6.45) is 6.79. The molecule has 18 heavy (non-hydrogen) atoms. The van der Waals surface area contributed by atoms with Gasteiger partial charge in [-0.05, 0) is 58.2 Å². The highest BCUT2D eigenvalue weighted by Gasteiger charge is 2.19. The zero-order valence-electron chi connectivity index (χ0n) is 11.6. The van der Waals surface area contributed by atoms with Crippen molar-refractivity contribution in [1.82, 2.24) is 15.5 Å². The third-order valence-corrected chi connectivity index (χ3v) is 4.19. The first-order chi connectivity index (χ1) is 8.74. The Hall–Kier alpha value is -0.610. The van der Waals surface area contributed by atoms with Gasteiger partial charge in [-0.3, -0.25) is 4.79 Å². The molecule has 2 aliphatic rings. The van der Waals surface area contributed by atoms with E-state index in [4.69, 9.17) is 0 Å². The van der Waals surface area contributed by atoms with E-state index in [2.05, 4.69) is 22.6 Å². The molecule has 2 rings (SSSR count). The molecule has 0 aromatic carbocycles. The second-order valence-corrected chi connectivity index (χ2v) is 5.91. The summed E-state index contributed by atoms with van der Waals surface area (Å²) in [7, 11) is 2.19. The molecule has 1 amide bonds. The Balaban J connectivity index is 1.55. The van der Waals surface area contributed by atoms with Crippen LogP contribution in [0.15, 0.2) is 0 Å². The van der Waals surface area contributed by atoms with Gasteiger partial charge in [-0.1, -0.05) is 0 Å². The van der Waals surface area contributed by atoms with Gasteiger partial charge in [-0.15, -0.1) is 0 Å². The topological polar surface area (TPSA) is 44.4 Å². The number of rotatable bonds is 5. The number of nitrogens with one attached hydrogen (secondary N) is 2. The molecule has 2 fully saturated rings. The van der Waals surface area contributed by atoms with E-state index in [1.54, 1.807) is 0 Å². The van der Waals surface area contributed by atoms with Crippen LogP contribution in [-0.4, -0.2) is 50.1 Å². The fourth-order valence-corrected chi connectivity index (χ4v) is 3.15. The Bertz CT molecular complexity index is 264. The minimum atomic E-state index is 0.221. The number of likely N-dealkylation sites (tertiary alicyclic amines) is 1. The fraction of sp³-hybridized carbons (Fsp3) is 0.929. The van der Waals surface area contributed by atoms with Crippen LogP contribution in [-0.2, 0) is 4.79 Å². The Labute approximate surface area is 110 Å². The third kappa shape index (κ3) is 4.58. The summed E-state index contributed by atoms with van der Waals surface area (Å²) in [5.41, 5.74) is 0. The Kier molecular flexibility index (Phi) is 5.45. The van der Waals surface area contributed by atoms with E-state index in [0.29, 0.717) is 12.5 Å². The molecule has 0 bridgehead atoms. The Morgan fingerprint density at radius 1 is 1.39 bits per heavy atom. The third-order valence-electron chi connectivity index (χ3n) is 4.19. The van der Waals surface area contributed by atoms with Crippen LogP contribution in [0.25, 0.3) is 0 Å². The highest BCUT2D eigenvalue weighted by molar-refractivity contribution is 5.76. The van der Waals surface area contributed by atoms with E-state index in [1.807, 2.05) is 0 Å². The van der Waals surface area contributed by atoms with Crippen LogP contribution < -0.4 is 10.6 Å². The second kappa shape index (κ2) is 7.10. The molecule has 0 aromatic rings. The first-order valence-corrected chi connectivity index (χ1v) is 7.42. The average molecular weight is 253 g/mol. The maximum atomic E-state index is 11.7. The predicted molar refractivity (Wildman–Crippen MR) is 73.5 cm³/mol. The summed E-state index contributed by atoms with van der Waals surface area (Å²) < 4.78 is 0. The highest BCUT2D eigenvalue weighted by Crippen LogP contribution is 2.17. The first-order valence-electron chi connectivity index (χ1n) is 7.42. The summed E-state index contributed by atoms with van der Waals surface area (Å²) in [5, 5.41) is 6.44. The Morgan fingerprint density at radius 2 is 2.28 bits per heavy atom. The summed E-state index contributed by atoms with van der Waals surface area (Å²) in [6, 6.07) is 0.422. The van der Waals surface area contributed by atoms with Crippen molar-refractivity contribution in [2.24, 2.45) is 5.92 Å². The van der Waals surface area contributed by atoms with Crippen LogP contribution in [0.5, 0.6) is 0 Å². The van der Waals surface area contributed by atoms with Gasteiger partial charge in [-0.2, -0.15) is 0 Å². The maximum Gasteiger partial charge on any atom is 0.221 e. The molecule has 2 saturated heterocycles. The lowest BCUT2D eigenvalue weighted by Gasteiger charge is -2.29. The molecule has 0 radical (unpaired) electrons. The van der Waals surface area contributed by atoms with Gasteiger partial charge in [-0.25, -0.2) is 0 Å². The van der Waals surface area contributed by atoms with Crippen molar-refractivity contribution < 1.29 is 4.79 Å². The molecule has 0 aromatic heterocycles. The molecule has 2 aliphatic heterocycles. The normalized spacial score (nSPS) is 29.4. The van der Waals surface area contributed by atoms with E-state index in [1.165, 1.54) is 32.4 Å². The van der Waals surface area contributed by atoms with Crippen molar-refractivity contribution in [3.63, 3.8) is 0 Å². The number of hydrogen-bond donors (Lipinski definition) is 2. The Morgan fingerprint density at radius 3 is 3.00 bits per heavy atom. The SMILES string of the molecule is CN1CCCC(CCNC(=O)CC2CCCN2)C1. The van der Waals surface area contributed by atoms with Crippen LogP contribution in [0.1, 0.15) is 38.5 Å². The monoisotopic (exact) mass is 253 g/mol. The van der Waals surface area contributed by atoms with Gasteiger partial charge >= 0.3 is 0 Å². The quantitative estimate of drug-likeness (QED) is 0.767. The largest absolute Gasteiger partial charge is 0.356 e. The standard InChI is InChI=1S/C14H27N3O/c1-17-9-3-4-12(11-17)6-8-16-14(18)10-13-5-2-7-15-13/h12-13,15H,2-11H2,1H3,(H,16,18). The summed E-state index contributed by atoms with van der Waals surface area (Å²) in [4.78, 5) is 14.1. The lowest BCUT2D eigenvalue weighted by molar-refractivity contribution is -0.121. The molecular formula is C14H27N3O. The van der Waals surface area contributed by atoms with Crippen LogP contribution >= 0.6 is 0 Å².